The summed E-state index contributed by atoms with van der Waals surface area (Å²) in [5, 5.41) is 4.92. The summed E-state index contributed by atoms with van der Waals surface area (Å²) in [4.78, 5) is 12.6. The number of halogens is 1. The molecule has 1 aromatic rings. The SMILES string of the molecule is CNCC(C)C(=O)c1sccc1Br. The molecule has 1 aromatic heterocycles. The Kier molecular flexibility index (Phi) is 4.09. The Bertz CT molecular complexity index is 298. The minimum Gasteiger partial charge on any atom is -0.319 e. The van der Waals surface area contributed by atoms with Crippen LogP contribution in [-0.4, -0.2) is 19.4 Å². The fourth-order valence-corrected chi connectivity index (χ4v) is 2.71. The van der Waals surface area contributed by atoms with Crippen molar-refractivity contribution >= 4 is 33.0 Å². The molecule has 0 aromatic carbocycles. The van der Waals surface area contributed by atoms with Crippen LogP contribution >= 0.6 is 27.3 Å². The molecule has 1 atom stereocenters. The van der Waals surface area contributed by atoms with Crippen LogP contribution in [0.4, 0.5) is 0 Å². The largest absolute Gasteiger partial charge is 0.319 e. The molecule has 0 aliphatic heterocycles. The lowest BCUT2D eigenvalue weighted by molar-refractivity contribution is 0.0933. The van der Waals surface area contributed by atoms with Crippen LogP contribution in [-0.2, 0) is 0 Å². The van der Waals surface area contributed by atoms with Gasteiger partial charge in [-0.3, -0.25) is 4.79 Å². The number of nitrogens with one attached hydrogen (secondary N) is 1. The molecule has 0 amide bonds. The normalized spacial score (nSPS) is 12.8. The quantitative estimate of drug-likeness (QED) is 0.845. The highest BCUT2D eigenvalue weighted by atomic mass is 79.9. The highest BCUT2D eigenvalue weighted by molar-refractivity contribution is 9.10. The van der Waals surface area contributed by atoms with Crippen LogP contribution in [0.3, 0.4) is 0 Å². The molecule has 4 heteroatoms. The maximum Gasteiger partial charge on any atom is 0.177 e. The number of Topliss-reactive ketones (excluding diaryl/α,β-unsaturated/α-hetero) is 1. The highest BCUT2D eigenvalue weighted by Gasteiger charge is 2.17. The van der Waals surface area contributed by atoms with Crippen molar-refractivity contribution in [3.63, 3.8) is 0 Å². The number of ketones is 1. The second-order valence-corrected chi connectivity index (χ2v) is 4.69. The summed E-state index contributed by atoms with van der Waals surface area (Å²) in [5.74, 6) is 0.246. The van der Waals surface area contributed by atoms with Gasteiger partial charge < -0.3 is 5.32 Å². The summed E-state index contributed by atoms with van der Waals surface area (Å²) in [6.07, 6.45) is 0. The molecule has 0 aliphatic rings. The molecule has 1 unspecified atom stereocenters. The summed E-state index contributed by atoms with van der Waals surface area (Å²) in [6, 6.07) is 1.91. The average Bonchev–Trinajstić information content (AvgIpc) is 2.50. The van der Waals surface area contributed by atoms with Gasteiger partial charge in [0.05, 0.1) is 4.88 Å². The third kappa shape index (κ3) is 2.62. The fraction of sp³-hybridized carbons (Fsp3) is 0.444. The molecule has 13 heavy (non-hydrogen) atoms. The van der Waals surface area contributed by atoms with E-state index in [2.05, 4.69) is 21.2 Å². The molecule has 0 saturated carbocycles. The Morgan fingerprint density at radius 2 is 2.46 bits per heavy atom. The van der Waals surface area contributed by atoms with Crippen LogP contribution in [0.1, 0.15) is 16.6 Å². The van der Waals surface area contributed by atoms with E-state index >= 15 is 0 Å². The van der Waals surface area contributed by atoms with Crippen LogP contribution in [0.5, 0.6) is 0 Å². The lowest BCUT2D eigenvalue weighted by Gasteiger charge is -2.07. The molecule has 0 spiro atoms. The number of carbonyl (C=O) groups is 1. The first kappa shape index (κ1) is 10.9. The maximum atomic E-state index is 11.8. The van der Waals surface area contributed by atoms with Crippen molar-refractivity contribution in [2.24, 2.45) is 5.92 Å². The molecule has 1 rings (SSSR count). The molecule has 0 radical (unpaired) electrons. The number of carbonyl (C=O) groups excluding carboxylic acids is 1. The zero-order valence-corrected chi connectivity index (χ0v) is 10.0. The van der Waals surface area contributed by atoms with Crippen LogP contribution in [0.15, 0.2) is 15.9 Å². The summed E-state index contributed by atoms with van der Waals surface area (Å²) in [7, 11) is 1.85. The molecule has 0 bridgehead atoms. The first-order valence-corrected chi connectivity index (χ1v) is 5.76. The van der Waals surface area contributed by atoms with E-state index in [0.29, 0.717) is 0 Å². The smallest absolute Gasteiger partial charge is 0.177 e. The molecule has 1 heterocycles. The third-order valence-corrected chi connectivity index (χ3v) is 3.65. The number of hydrogen-bond donors (Lipinski definition) is 1. The van der Waals surface area contributed by atoms with Crippen molar-refractivity contribution < 1.29 is 4.79 Å². The molecular weight excluding hydrogens is 250 g/mol. The van der Waals surface area contributed by atoms with Crippen LogP contribution in [0, 0.1) is 5.92 Å². The Balaban J connectivity index is 2.73. The summed E-state index contributed by atoms with van der Waals surface area (Å²) in [5.41, 5.74) is 0. The first-order valence-electron chi connectivity index (χ1n) is 4.08. The van der Waals surface area contributed by atoms with E-state index in [1.54, 1.807) is 0 Å². The van der Waals surface area contributed by atoms with Crippen LogP contribution in [0.2, 0.25) is 0 Å². The van der Waals surface area contributed by atoms with Crippen molar-refractivity contribution in [1.82, 2.24) is 5.32 Å². The molecule has 0 aliphatic carbocycles. The minimum atomic E-state index is 0.0416. The monoisotopic (exact) mass is 261 g/mol. The second kappa shape index (κ2) is 4.88. The third-order valence-electron chi connectivity index (χ3n) is 1.80. The lowest BCUT2D eigenvalue weighted by atomic mass is 10.1. The Morgan fingerprint density at radius 3 is 2.92 bits per heavy atom. The summed E-state index contributed by atoms with van der Waals surface area (Å²) >= 11 is 4.84. The molecule has 72 valence electrons. The molecule has 2 nitrogen and oxygen atoms in total. The van der Waals surface area contributed by atoms with Crippen LogP contribution in [0.25, 0.3) is 0 Å². The highest BCUT2D eigenvalue weighted by Crippen LogP contribution is 2.25. The summed E-state index contributed by atoms with van der Waals surface area (Å²) < 4.78 is 0.908. The molecule has 0 saturated heterocycles. The van der Waals surface area contributed by atoms with Crippen LogP contribution < -0.4 is 5.32 Å². The van der Waals surface area contributed by atoms with E-state index in [1.165, 1.54) is 11.3 Å². The predicted molar refractivity (Wildman–Crippen MR) is 59.4 cm³/mol. The number of thiophene rings is 1. The van der Waals surface area contributed by atoms with Crippen molar-refractivity contribution in [3.8, 4) is 0 Å². The molecular formula is C9H12BrNOS. The fourth-order valence-electron chi connectivity index (χ4n) is 1.09. The van der Waals surface area contributed by atoms with Gasteiger partial charge in [0, 0.05) is 16.9 Å². The average molecular weight is 262 g/mol. The second-order valence-electron chi connectivity index (χ2n) is 2.92. The maximum absolute atomic E-state index is 11.8. The molecule has 0 fully saturated rings. The van der Waals surface area contributed by atoms with Gasteiger partial charge in [-0.05, 0) is 34.4 Å². The Labute approximate surface area is 90.5 Å². The van der Waals surface area contributed by atoms with Gasteiger partial charge in [-0.25, -0.2) is 0 Å². The Hall–Kier alpha value is -0.190. The van der Waals surface area contributed by atoms with Gasteiger partial charge in [0.1, 0.15) is 0 Å². The topological polar surface area (TPSA) is 29.1 Å². The van der Waals surface area contributed by atoms with E-state index in [4.69, 9.17) is 0 Å². The van der Waals surface area contributed by atoms with E-state index in [0.717, 1.165) is 15.9 Å². The van der Waals surface area contributed by atoms with Gasteiger partial charge >= 0.3 is 0 Å². The Morgan fingerprint density at radius 1 is 1.77 bits per heavy atom. The first-order chi connectivity index (χ1) is 6.16. The van der Waals surface area contributed by atoms with Crippen molar-refractivity contribution in [2.75, 3.05) is 13.6 Å². The summed E-state index contributed by atoms with van der Waals surface area (Å²) in [6.45, 7) is 2.66. The van der Waals surface area contributed by atoms with Gasteiger partial charge in [0.25, 0.3) is 0 Å². The predicted octanol–water partition coefficient (Wildman–Crippen LogP) is 2.55. The van der Waals surface area contributed by atoms with E-state index in [1.807, 2.05) is 25.4 Å². The van der Waals surface area contributed by atoms with Gasteiger partial charge in [-0.2, -0.15) is 0 Å². The minimum absolute atomic E-state index is 0.0416. The van der Waals surface area contributed by atoms with Gasteiger partial charge in [-0.1, -0.05) is 6.92 Å². The standard InChI is InChI=1S/C9H12BrNOS/c1-6(5-11-2)8(12)9-7(10)3-4-13-9/h3-4,6,11H,5H2,1-2H3. The van der Waals surface area contributed by atoms with E-state index < -0.39 is 0 Å². The van der Waals surface area contributed by atoms with Gasteiger partial charge in [0.2, 0.25) is 0 Å². The van der Waals surface area contributed by atoms with Gasteiger partial charge in [0.15, 0.2) is 5.78 Å². The van der Waals surface area contributed by atoms with E-state index in [9.17, 15) is 4.79 Å². The lowest BCUT2D eigenvalue weighted by Crippen LogP contribution is -2.23. The zero-order valence-electron chi connectivity index (χ0n) is 7.63. The zero-order chi connectivity index (χ0) is 9.84. The van der Waals surface area contributed by atoms with Crippen molar-refractivity contribution in [1.29, 1.82) is 0 Å². The van der Waals surface area contributed by atoms with Gasteiger partial charge in [-0.15, -0.1) is 11.3 Å². The van der Waals surface area contributed by atoms with E-state index in [-0.39, 0.29) is 11.7 Å². The van der Waals surface area contributed by atoms with Crippen molar-refractivity contribution in [2.45, 2.75) is 6.92 Å². The van der Waals surface area contributed by atoms with Crippen molar-refractivity contribution in [3.05, 3.63) is 20.8 Å². The number of rotatable bonds is 4. The number of hydrogen-bond acceptors (Lipinski definition) is 3. The molecule has 1 N–H and O–H groups in total.